The highest BCUT2D eigenvalue weighted by Crippen LogP contribution is 2.35. The number of nitrogens with zero attached hydrogens (tertiary/aromatic N) is 3. The number of anilines is 1. The van der Waals surface area contributed by atoms with Gasteiger partial charge >= 0.3 is 0 Å². The van der Waals surface area contributed by atoms with Crippen LogP contribution in [-0.4, -0.2) is 61.2 Å². The fourth-order valence-electron chi connectivity index (χ4n) is 4.34. The summed E-state index contributed by atoms with van der Waals surface area (Å²) in [5.74, 6) is 1.02. The van der Waals surface area contributed by atoms with Crippen LogP contribution in [0.3, 0.4) is 0 Å². The number of aldehydes is 1. The number of aromatic nitrogens is 1. The van der Waals surface area contributed by atoms with Gasteiger partial charge in [0.05, 0.1) is 23.8 Å². The smallest absolute Gasteiger partial charge is 0.154 e. The van der Waals surface area contributed by atoms with E-state index in [-0.39, 0.29) is 0 Å². The SMILES string of the molecule is O=Cc1c(N2CCCN(CC3CO3)CC2)n(-c2ccccc2)c2ccccc12. The van der Waals surface area contributed by atoms with Gasteiger partial charge in [0, 0.05) is 37.3 Å². The van der Waals surface area contributed by atoms with Crippen molar-refractivity contribution in [3.05, 3.63) is 60.2 Å². The fraction of sp³-hybridized carbons (Fsp3) is 0.348. The minimum Gasteiger partial charge on any atom is -0.372 e. The zero-order chi connectivity index (χ0) is 18.9. The second-order valence-corrected chi connectivity index (χ2v) is 7.64. The first-order valence-corrected chi connectivity index (χ1v) is 10.1. The molecule has 0 radical (unpaired) electrons. The number of benzene rings is 2. The van der Waals surface area contributed by atoms with Crippen molar-refractivity contribution in [2.24, 2.45) is 0 Å². The monoisotopic (exact) mass is 375 g/mol. The lowest BCUT2D eigenvalue weighted by Crippen LogP contribution is -2.34. The van der Waals surface area contributed by atoms with E-state index in [9.17, 15) is 4.79 Å². The molecule has 2 aliphatic rings. The lowest BCUT2D eigenvalue weighted by Gasteiger charge is -2.26. The average molecular weight is 375 g/mol. The van der Waals surface area contributed by atoms with Crippen LogP contribution in [0.2, 0.25) is 0 Å². The second kappa shape index (κ2) is 7.41. The van der Waals surface area contributed by atoms with Gasteiger partial charge in [0.2, 0.25) is 0 Å². The van der Waals surface area contributed by atoms with Crippen LogP contribution >= 0.6 is 0 Å². The number of rotatable bonds is 5. The number of ether oxygens (including phenoxy) is 1. The minimum absolute atomic E-state index is 0.424. The molecule has 1 aromatic heterocycles. The Morgan fingerprint density at radius 1 is 0.964 bits per heavy atom. The molecule has 3 aromatic rings. The van der Waals surface area contributed by atoms with E-state index in [2.05, 4.69) is 38.6 Å². The van der Waals surface area contributed by atoms with E-state index in [1.54, 1.807) is 0 Å². The van der Waals surface area contributed by atoms with Gasteiger partial charge in [-0.25, -0.2) is 0 Å². The van der Waals surface area contributed by atoms with Gasteiger partial charge in [-0.1, -0.05) is 36.4 Å². The third-order valence-corrected chi connectivity index (χ3v) is 5.77. The van der Waals surface area contributed by atoms with Crippen LogP contribution in [0.5, 0.6) is 0 Å². The Labute approximate surface area is 165 Å². The van der Waals surface area contributed by atoms with Crippen LogP contribution in [0.4, 0.5) is 5.82 Å². The van der Waals surface area contributed by atoms with Crippen LogP contribution in [0.1, 0.15) is 16.8 Å². The van der Waals surface area contributed by atoms with E-state index in [0.717, 1.165) is 80.0 Å². The molecule has 5 rings (SSSR count). The molecular weight excluding hydrogens is 350 g/mol. The van der Waals surface area contributed by atoms with Crippen LogP contribution in [-0.2, 0) is 4.74 Å². The Balaban J connectivity index is 1.58. The van der Waals surface area contributed by atoms with Crippen LogP contribution in [0, 0.1) is 0 Å². The normalized spacial score (nSPS) is 20.3. The van der Waals surface area contributed by atoms with Crippen molar-refractivity contribution < 1.29 is 9.53 Å². The number of hydrogen-bond donors (Lipinski definition) is 0. The van der Waals surface area contributed by atoms with Gasteiger partial charge in [-0.15, -0.1) is 0 Å². The van der Waals surface area contributed by atoms with E-state index in [1.165, 1.54) is 0 Å². The van der Waals surface area contributed by atoms with Crippen molar-refractivity contribution in [1.29, 1.82) is 0 Å². The van der Waals surface area contributed by atoms with Gasteiger partial charge < -0.3 is 9.64 Å². The van der Waals surface area contributed by atoms with Gasteiger partial charge in [-0.05, 0) is 31.2 Å². The average Bonchev–Trinajstić information content (AvgIpc) is 3.53. The molecule has 2 fully saturated rings. The highest BCUT2D eigenvalue weighted by atomic mass is 16.6. The lowest BCUT2D eigenvalue weighted by molar-refractivity contribution is 0.112. The first kappa shape index (κ1) is 17.5. The van der Waals surface area contributed by atoms with E-state index in [4.69, 9.17) is 4.74 Å². The number of carbonyl (C=O) groups is 1. The van der Waals surface area contributed by atoms with Crippen molar-refractivity contribution in [3.8, 4) is 5.69 Å². The molecule has 28 heavy (non-hydrogen) atoms. The number of para-hydroxylation sites is 2. The molecular formula is C23H25N3O2. The van der Waals surface area contributed by atoms with Crippen molar-refractivity contribution in [3.63, 3.8) is 0 Å². The topological polar surface area (TPSA) is 41.0 Å². The standard InChI is InChI=1S/C23H25N3O2/c27-16-21-20-9-4-5-10-22(20)26(18-7-2-1-3-8-18)23(21)25-12-6-11-24(13-14-25)15-19-17-28-19/h1-5,7-10,16,19H,6,11-15,17H2. The maximum Gasteiger partial charge on any atom is 0.154 e. The van der Waals surface area contributed by atoms with E-state index in [0.29, 0.717) is 6.10 Å². The zero-order valence-corrected chi connectivity index (χ0v) is 16.0. The summed E-state index contributed by atoms with van der Waals surface area (Å²) in [6.45, 7) is 5.86. The van der Waals surface area contributed by atoms with Crippen molar-refractivity contribution in [2.45, 2.75) is 12.5 Å². The molecule has 2 saturated heterocycles. The largest absolute Gasteiger partial charge is 0.372 e. The molecule has 0 amide bonds. The minimum atomic E-state index is 0.424. The summed E-state index contributed by atoms with van der Waals surface area (Å²) in [4.78, 5) is 17.1. The van der Waals surface area contributed by atoms with Gasteiger partial charge in [0.15, 0.2) is 6.29 Å². The quantitative estimate of drug-likeness (QED) is 0.507. The number of fused-ring (bicyclic) bond motifs is 1. The Morgan fingerprint density at radius 2 is 1.75 bits per heavy atom. The predicted molar refractivity (Wildman–Crippen MR) is 112 cm³/mol. The molecule has 0 aliphatic carbocycles. The second-order valence-electron chi connectivity index (χ2n) is 7.64. The molecule has 0 saturated carbocycles. The maximum atomic E-state index is 12.2. The maximum absolute atomic E-state index is 12.2. The summed E-state index contributed by atoms with van der Waals surface area (Å²) in [5, 5.41) is 1.02. The van der Waals surface area contributed by atoms with Gasteiger partial charge in [0.25, 0.3) is 0 Å². The summed E-state index contributed by atoms with van der Waals surface area (Å²) in [5.41, 5.74) is 2.96. The fourth-order valence-corrected chi connectivity index (χ4v) is 4.34. The van der Waals surface area contributed by atoms with E-state index >= 15 is 0 Å². The predicted octanol–water partition coefficient (Wildman–Crippen LogP) is 3.35. The Kier molecular flexibility index (Phi) is 4.63. The summed E-state index contributed by atoms with van der Waals surface area (Å²) in [6, 6.07) is 18.6. The van der Waals surface area contributed by atoms with E-state index in [1.807, 2.05) is 30.3 Å². The van der Waals surface area contributed by atoms with Gasteiger partial charge in [-0.2, -0.15) is 0 Å². The van der Waals surface area contributed by atoms with Gasteiger partial charge in [-0.3, -0.25) is 14.3 Å². The lowest BCUT2D eigenvalue weighted by atomic mass is 10.2. The summed E-state index contributed by atoms with van der Waals surface area (Å²) < 4.78 is 7.66. The van der Waals surface area contributed by atoms with Gasteiger partial charge in [0.1, 0.15) is 5.82 Å². The molecule has 5 nitrogen and oxygen atoms in total. The number of hydrogen-bond acceptors (Lipinski definition) is 4. The highest BCUT2D eigenvalue weighted by Gasteiger charge is 2.28. The number of carbonyl (C=O) groups excluding carboxylic acids is 1. The zero-order valence-electron chi connectivity index (χ0n) is 16.0. The van der Waals surface area contributed by atoms with E-state index < -0.39 is 0 Å². The highest BCUT2D eigenvalue weighted by molar-refractivity contribution is 6.05. The van der Waals surface area contributed by atoms with Crippen LogP contribution in [0.25, 0.3) is 16.6 Å². The molecule has 1 atom stereocenters. The van der Waals surface area contributed by atoms with Crippen molar-refractivity contribution in [1.82, 2.24) is 9.47 Å². The summed E-state index contributed by atoms with van der Waals surface area (Å²) in [6.07, 6.45) is 2.53. The third kappa shape index (κ3) is 3.21. The summed E-state index contributed by atoms with van der Waals surface area (Å²) in [7, 11) is 0. The third-order valence-electron chi connectivity index (χ3n) is 5.77. The summed E-state index contributed by atoms with van der Waals surface area (Å²) >= 11 is 0. The van der Waals surface area contributed by atoms with Crippen LogP contribution in [0.15, 0.2) is 54.6 Å². The first-order chi connectivity index (χ1) is 13.8. The Bertz CT molecular complexity index is 978. The molecule has 144 valence electrons. The number of epoxide rings is 1. The molecule has 0 spiro atoms. The van der Waals surface area contributed by atoms with Crippen molar-refractivity contribution in [2.75, 3.05) is 44.2 Å². The molecule has 2 aliphatic heterocycles. The molecule has 1 unspecified atom stereocenters. The first-order valence-electron chi connectivity index (χ1n) is 10.1. The molecule has 3 heterocycles. The Morgan fingerprint density at radius 3 is 2.54 bits per heavy atom. The van der Waals surface area contributed by atoms with Crippen LogP contribution < -0.4 is 4.90 Å². The molecule has 5 heteroatoms. The molecule has 0 bridgehead atoms. The molecule has 0 N–H and O–H groups in total. The molecule has 2 aromatic carbocycles. The Hall–Kier alpha value is -2.63. The van der Waals surface area contributed by atoms with Crippen molar-refractivity contribution >= 4 is 23.0 Å².